The number of nitrogens with two attached hydrogens (primary N) is 1. The fourth-order valence-corrected chi connectivity index (χ4v) is 1.18. The fourth-order valence-electron chi connectivity index (χ4n) is 1.18. The lowest BCUT2D eigenvalue weighted by Crippen LogP contribution is -2.09. The van der Waals surface area contributed by atoms with Gasteiger partial charge in [-0.15, -0.1) is 0 Å². The van der Waals surface area contributed by atoms with Gasteiger partial charge in [-0.2, -0.15) is 5.10 Å². The van der Waals surface area contributed by atoms with E-state index in [1.807, 2.05) is 13.2 Å². The van der Waals surface area contributed by atoms with E-state index in [4.69, 9.17) is 30.3 Å². The van der Waals surface area contributed by atoms with Crippen molar-refractivity contribution in [2.75, 3.05) is 5.73 Å². The van der Waals surface area contributed by atoms with Crippen LogP contribution in [0, 0.1) is 0 Å². The minimum absolute atomic E-state index is 0.463. The largest absolute Gasteiger partial charge is 0.473 e. The van der Waals surface area contributed by atoms with Gasteiger partial charge in [-0.1, -0.05) is 0 Å². The van der Waals surface area contributed by atoms with Gasteiger partial charge in [0.15, 0.2) is 0 Å². The fraction of sp³-hybridized carbons (Fsp3) is 0.167. The number of carboxylic acid groups (broad SMARTS) is 2. The summed E-state index contributed by atoms with van der Waals surface area (Å²) in [5, 5.41) is 18.8. The number of nitrogens with zero attached hydrogens (tertiary/aromatic N) is 3. The second-order valence-corrected chi connectivity index (χ2v) is 3.85. The molecule has 21 heavy (non-hydrogen) atoms. The Hall–Kier alpha value is -3.10. The average molecular weight is 294 g/mol. The van der Waals surface area contributed by atoms with Crippen LogP contribution in [0.5, 0.6) is 5.88 Å². The molecular weight excluding hydrogens is 280 g/mol. The molecule has 2 rings (SSSR count). The van der Waals surface area contributed by atoms with Gasteiger partial charge in [0.2, 0.25) is 5.88 Å². The molecule has 2 aromatic rings. The monoisotopic (exact) mass is 294 g/mol. The zero-order chi connectivity index (χ0) is 15.8. The Morgan fingerprint density at radius 2 is 1.95 bits per heavy atom. The molecule has 9 heteroatoms. The summed E-state index contributed by atoms with van der Waals surface area (Å²) in [5.74, 6) is -3.09. The number of ether oxygens (including phenoxy) is 1. The number of nitrogen functional groups attached to an aromatic ring is 1. The van der Waals surface area contributed by atoms with E-state index in [1.165, 1.54) is 0 Å². The van der Waals surface area contributed by atoms with Gasteiger partial charge in [-0.25, -0.2) is 14.6 Å². The maximum absolute atomic E-state index is 9.10. The van der Waals surface area contributed by atoms with E-state index in [2.05, 4.69) is 10.1 Å². The molecule has 0 unspecified atom stereocenters. The molecule has 0 amide bonds. The molecule has 2 aromatic heterocycles. The molecule has 0 aliphatic heterocycles. The van der Waals surface area contributed by atoms with Crippen LogP contribution in [0.4, 0.5) is 5.69 Å². The Morgan fingerprint density at radius 3 is 2.38 bits per heavy atom. The standard InChI is InChI=1S/C10H12N4O.C2H2O4/c1-14-6-8(4-13-14)7-15-10-3-2-9(11)5-12-10;3-1(4)2(5)6/h2-6H,7,11H2,1H3;(H,3,4)(H,5,6). The van der Waals surface area contributed by atoms with Crippen molar-refractivity contribution in [3.05, 3.63) is 36.3 Å². The number of anilines is 1. The van der Waals surface area contributed by atoms with Crippen LogP contribution in [0.15, 0.2) is 30.7 Å². The van der Waals surface area contributed by atoms with Crippen LogP contribution in [-0.2, 0) is 23.2 Å². The van der Waals surface area contributed by atoms with Crippen LogP contribution in [0.3, 0.4) is 0 Å². The summed E-state index contributed by atoms with van der Waals surface area (Å²) >= 11 is 0. The van der Waals surface area contributed by atoms with Crippen LogP contribution in [0.25, 0.3) is 0 Å². The van der Waals surface area contributed by atoms with E-state index in [9.17, 15) is 0 Å². The third-order valence-electron chi connectivity index (χ3n) is 2.09. The molecule has 0 aliphatic rings. The second-order valence-electron chi connectivity index (χ2n) is 3.85. The highest BCUT2D eigenvalue weighted by atomic mass is 16.5. The number of aryl methyl sites for hydroxylation is 1. The van der Waals surface area contributed by atoms with E-state index >= 15 is 0 Å². The molecule has 0 saturated heterocycles. The summed E-state index contributed by atoms with van der Waals surface area (Å²) in [4.78, 5) is 22.2. The van der Waals surface area contributed by atoms with Gasteiger partial charge in [0.25, 0.3) is 0 Å². The third kappa shape index (κ3) is 6.05. The highest BCUT2D eigenvalue weighted by Gasteiger charge is 2.04. The SMILES string of the molecule is Cn1cc(COc2ccc(N)cn2)cn1.O=C(O)C(=O)O. The van der Waals surface area contributed by atoms with Crippen molar-refractivity contribution in [2.45, 2.75) is 6.61 Å². The van der Waals surface area contributed by atoms with E-state index in [-0.39, 0.29) is 0 Å². The van der Waals surface area contributed by atoms with Crippen molar-refractivity contribution in [1.29, 1.82) is 0 Å². The smallest absolute Gasteiger partial charge is 0.414 e. The van der Waals surface area contributed by atoms with E-state index in [1.54, 1.807) is 29.2 Å². The molecule has 0 radical (unpaired) electrons. The molecule has 9 nitrogen and oxygen atoms in total. The first-order chi connectivity index (χ1) is 9.88. The predicted molar refractivity (Wildman–Crippen MR) is 71.5 cm³/mol. The lowest BCUT2D eigenvalue weighted by molar-refractivity contribution is -0.159. The lowest BCUT2D eigenvalue weighted by Gasteiger charge is -2.02. The molecule has 0 spiro atoms. The van der Waals surface area contributed by atoms with Crippen molar-refractivity contribution in [3.63, 3.8) is 0 Å². The third-order valence-corrected chi connectivity index (χ3v) is 2.09. The summed E-state index contributed by atoms with van der Waals surface area (Å²) in [6, 6.07) is 3.50. The van der Waals surface area contributed by atoms with Gasteiger partial charge >= 0.3 is 11.9 Å². The van der Waals surface area contributed by atoms with Gasteiger partial charge in [-0.3, -0.25) is 4.68 Å². The number of aromatic nitrogens is 3. The summed E-state index contributed by atoms with van der Waals surface area (Å²) in [6.07, 6.45) is 5.23. The summed E-state index contributed by atoms with van der Waals surface area (Å²) in [7, 11) is 1.87. The number of aliphatic carboxylic acids is 2. The molecular formula is C12H14N4O5. The van der Waals surface area contributed by atoms with Crippen molar-refractivity contribution in [3.8, 4) is 5.88 Å². The Labute approximate surface area is 119 Å². The van der Waals surface area contributed by atoms with Gasteiger partial charge in [0.05, 0.1) is 18.1 Å². The second kappa shape index (κ2) is 7.48. The average Bonchev–Trinajstić information content (AvgIpc) is 2.84. The maximum atomic E-state index is 9.10. The van der Waals surface area contributed by atoms with E-state index < -0.39 is 11.9 Å². The molecule has 0 aliphatic carbocycles. The minimum Gasteiger partial charge on any atom is -0.473 e. The molecule has 112 valence electrons. The first-order valence-electron chi connectivity index (χ1n) is 5.66. The number of pyridine rings is 1. The number of rotatable bonds is 3. The summed E-state index contributed by atoms with van der Waals surface area (Å²) < 4.78 is 7.17. The van der Waals surface area contributed by atoms with Crippen LogP contribution in [-0.4, -0.2) is 36.9 Å². The highest BCUT2D eigenvalue weighted by Crippen LogP contribution is 2.10. The lowest BCUT2D eigenvalue weighted by atomic mass is 10.4. The Bertz CT molecular complexity index is 596. The van der Waals surface area contributed by atoms with Crippen molar-refractivity contribution >= 4 is 17.6 Å². The van der Waals surface area contributed by atoms with E-state index in [0.29, 0.717) is 18.2 Å². The summed E-state index contributed by atoms with van der Waals surface area (Å²) in [5.41, 5.74) is 7.14. The topological polar surface area (TPSA) is 141 Å². The first-order valence-corrected chi connectivity index (χ1v) is 5.66. The molecule has 0 fully saturated rings. The normalized spacial score (nSPS) is 9.38. The van der Waals surface area contributed by atoms with Gasteiger partial charge < -0.3 is 20.7 Å². The number of carboxylic acids is 2. The van der Waals surface area contributed by atoms with Gasteiger partial charge in [0, 0.05) is 24.9 Å². The predicted octanol–water partition coefficient (Wildman–Crippen LogP) is 0.132. The Kier molecular flexibility index (Phi) is 5.68. The zero-order valence-electron chi connectivity index (χ0n) is 11.1. The highest BCUT2D eigenvalue weighted by molar-refractivity contribution is 6.27. The summed E-state index contributed by atoms with van der Waals surface area (Å²) in [6.45, 7) is 0.463. The van der Waals surface area contributed by atoms with Crippen molar-refractivity contribution < 1.29 is 24.5 Å². The van der Waals surface area contributed by atoms with Gasteiger partial charge in [0.1, 0.15) is 6.61 Å². The van der Waals surface area contributed by atoms with Crippen LogP contribution < -0.4 is 10.5 Å². The molecule has 0 atom stereocenters. The molecule has 2 heterocycles. The number of hydrogen-bond acceptors (Lipinski definition) is 6. The van der Waals surface area contributed by atoms with Crippen molar-refractivity contribution in [2.24, 2.45) is 7.05 Å². The number of carbonyl (C=O) groups is 2. The minimum atomic E-state index is -1.82. The van der Waals surface area contributed by atoms with Crippen LogP contribution in [0.2, 0.25) is 0 Å². The van der Waals surface area contributed by atoms with Gasteiger partial charge in [-0.05, 0) is 6.07 Å². The quantitative estimate of drug-likeness (QED) is 0.678. The molecule has 0 saturated carbocycles. The van der Waals surface area contributed by atoms with Crippen molar-refractivity contribution in [1.82, 2.24) is 14.8 Å². The number of hydrogen-bond donors (Lipinski definition) is 3. The maximum Gasteiger partial charge on any atom is 0.414 e. The molecule has 0 bridgehead atoms. The Balaban J connectivity index is 0.000000315. The zero-order valence-corrected chi connectivity index (χ0v) is 11.1. The van der Waals surface area contributed by atoms with Crippen LogP contribution >= 0.6 is 0 Å². The van der Waals surface area contributed by atoms with E-state index in [0.717, 1.165) is 5.56 Å². The Morgan fingerprint density at radius 1 is 1.29 bits per heavy atom. The van der Waals surface area contributed by atoms with Crippen LogP contribution in [0.1, 0.15) is 5.56 Å². The molecule has 4 N–H and O–H groups in total. The molecule has 0 aromatic carbocycles. The first kappa shape index (κ1) is 16.0.